The normalized spacial score (nSPS) is 22.3. The van der Waals surface area contributed by atoms with Gasteiger partial charge >= 0.3 is 0 Å². The maximum Gasteiger partial charge on any atom is 0.173 e. The van der Waals surface area contributed by atoms with Gasteiger partial charge in [-0.1, -0.05) is 12.5 Å². The molecular weight excluding hydrogens is 242 g/mol. The van der Waals surface area contributed by atoms with E-state index in [0.29, 0.717) is 23.6 Å². The second kappa shape index (κ2) is 6.06. The van der Waals surface area contributed by atoms with E-state index < -0.39 is 0 Å². The number of Topliss-reactive ketones (excluding diaryl/α,β-unsaturated/α-hetero) is 1. The van der Waals surface area contributed by atoms with Crippen LogP contribution in [0.4, 0.5) is 0 Å². The average molecular weight is 263 g/mol. The summed E-state index contributed by atoms with van der Waals surface area (Å²) in [6.07, 6.45) is 3.00. The molecule has 0 bridgehead atoms. The van der Waals surface area contributed by atoms with E-state index in [4.69, 9.17) is 15.2 Å². The third-order valence-electron chi connectivity index (χ3n) is 3.97. The smallest absolute Gasteiger partial charge is 0.173 e. The van der Waals surface area contributed by atoms with E-state index in [2.05, 4.69) is 0 Å². The third-order valence-corrected chi connectivity index (χ3v) is 3.97. The molecule has 104 valence electrons. The van der Waals surface area contributed by atoms with Gasteiger partial charge in [0.25, 0.3) is 0 Å². The standard InChI is InChI=1S/C15H21NO3/c1-18-12-7-4-8-13(19-2)14(12)15(17)11-6-3-5-10(11)9-16/h4,7-8,10-11H,3,5-6,9,16H2,1-2H3. The molecule has 1 aliphatic carbocycles. The number of carbonyl (C=O) groups is 1. The first-order valence-corrected chi connectivity index (χ1v) is 6.68. The lowest BCUT2D eigenvalue weighted by Crippen LogP contribution is -2.25. The highest BCUT2D eigenvalue weighted by Gasteiger charge is 2.35. The molecule has 1 aromatic rings. The summed E-state index contributed by atoms with van der Waals surface area (Å²) in [4.78, 5) is 12.8. The highest BCUT2D eigenvalue weighted by atomic mass is 16.5. The summed E-state index contributed by atoms with van der Waals surface area (Å²) in [5.74, 6) is 1.53. The van der Waals surface area contributed by atoms with Crippen LogP contribution in [0.15, 0.2) is 18.2 Å². The Morgan fingerprint density at radius 1 is 1.26 bits per heavy atom. The Hall–Kier alpha value is -1.55. The molecule has 0 radical (unpaired) electrons. The van der Waals surface area contributed by atoms with Gasteiger partial charge in [-0.25, -0.2) is 0 Å². The zero-order valence-corrected chi connectivity index (χ0v) is 11.5. The summed E-state index contributed by atoms with van der Waals surface area (Å²) in [5.41, 5.74) is 6.32. The molecule has 0 spiro atoms. The summed E-state index contributed by atoms with van der Waals surface area (Å²) in [5, 5.41) is 0. The molecule has 4 nitrogen and oxygen atoms in total. The first kappa shape index (κ1) is 13.9. The fourth-order valence-corrected chi connectivity index (χ4v) is 2.94. The summed E-state index contributed by atoms with van der Waals surface area (Å²) in [6, 6.07) is 5.41. The molecule has 0 aromatic heterocycles. The van der Waals surface area contributed by atoms with Crippen LogP contribution < -0.4 is 15.2 Å². The van der Waals surface area contributed by atoms with E-state index in [1.165, 1.54) is 0 Å². The van der Waals surface area contributed by atoms with Crippen LogP contribution in [-0.4, -0.2) is 26.5 Å². The molecule has 4 heteroatoms. The van der Waals surface area contributed by atoms with Gasteiger partial charge in [0.15, 0.2) is 5.78 Å². The Morgan fingerprint density at radius 3 is 2.42 bits per heavy atom. The minimum absolute atomic E-state index is 0.00444. The number of rotatable bonds is 5. The van der Waals surface area contributed by atoms with Crippen molar-refractivity contribution >= 4 is 5.78 Å². The monoisotopic (exact) mass is 263 g/mol. The molecule has 1 fully saturated rings. The van der Waals surface area contributed by atoms with E-state index in [9.17, 15) is 4.79 Å². The summed E-state index contributed by atoms with van der Waals surface area (Å²) >= 11 is 0. The molecule has 2 unspecified atom stereocenters. The number of ketones is 1. The Bertz CT molecular complexity index is 436. The molecular formula is C15H21NO3. The number of hydrogen-bond donors (Lipinski definition) is 1. The minimum Gasteiger partial charge on any atom is -0.496 e. The Morgan fingerprint density at radius 2 is 1.89 bits per heavy atom. The van der Waals surface area contributed by atoms with E-state index in [1.807, 2.05) is 6.07 Å². The van der Waals surface area contributed by atoms with Crippen molar-refractivity contribution in [3.8, 4) is 11.5 Å². The van der Waals surface area contributed by atoms with Crippen molar-refractivity contribution in [3.05, 3.63) is 23.8 Å². The summed E-state index contributed by atoms with van der Waals surface area (Å²) in [7, 11) is 3.14. The first-order chi connectivity index (χ1) is 9.22. The Kier molecular flexibility index (Phi) is 4.43. The lowest BCUT2D eigenvalue weighted by molar-refractivity contribution is 0.0887. The maximum atomic E-state index is 12.8. The minimum atomic E-state index is -0.00444. The molecule has 1 aliphatic rings. The van der Waals surface area contributed by atoms with Crippen LogP contribution in [-0.2, 0) is 0 Å². The Balaban J connectivity index is 2.37. The lowest BCUT2D eigenvalue weighted by atomic mass is 9.87. The number of hydrogen-bond acceptors (Lipinski definition) is 4. The first-order valence-electron chi connectivity index (χ1n) is 6.68. The average Bonchev–Trinajstić information content (AvgIpc) is 2.93. The number of benzene rings is 1. The summed E-state index contributed by atoms with van der Waals surface area (Å²) < 4.78 is 10.6. The number of nitrogens with two attached hydrogens (primary N) is 1. The molecule has 0 saturated heterocycles. The van der Waals surface area contributed by atoms with Crippen LogP contribution in [0.2, 0.25) is 0 Å². The predicted octanol–water partition coefficient (Wildman–Crippen LogP) is 2.26. The van der Waals surface area contributed by atoms with Crippen LogP contribution in [0.5, 0.6) is 11.5 Å². The molecule has 2 atom stereocenters. The van der Waals surface area contributed by atoms with E-state index >= 15 is 0 Å². The molecule has 2 N–H and O–H groups in total. The second-order valence-corrected chi connectivity index (χ2v) is 4.93. The van der Waals surface area contributed by atoms with Gasteiger partial charge in [0.1, 0.15) is 17.1 Å². The van der Waals surface area contributed by atoms with Crippen LogP contribution in [0, 0.1) is 11.8 Å². The lowest BCUT2D eigenvalue weighted by Gasteiger charge is -2.19. The van der Waals surface area contributed by atoms with Gasteiger partial charge in [-0.2, -0.15) is 0 Å². The SMILES string of the molecule is COc1cccc(OC)c1C(=O)C1CCCC1CN. The zero-order chi connectivity index (χ0) is 13.8. The molecule has 0 aliphatic heterocycles. The van der Waals surface area contributed by atoms with Gasteiger partial charge in [0.05, 0.1) is 14.2 Å². The quantitative estimate of drug-likeness (QED) is 0.828. The fraction of sp³-hybridized carbons (Fsp3) is 0.533. The molecule has 0 amide bonds. The zero-order valence-electron chi connectivity index (χ0n) is 11.5. The number of carbonyl (C=O) groups excluding carboxylic acids is 1. The van der Waals surface area contributed by atoms with Crippen molar-refractivity contribution < 1.29 is 14.3 Å². The van der Waals surface area contributed by atoms with Crippen LogP contribution in [0.3, 0.4) is 0 Å². The van der Waals surface area contributed by atoms with Crippen LogP contribution in [0.25, 0.3) is 0 Å². The Labute approximate surface area is 113 Å². The van der Waals surface area contributed by atoms with Gasteiger partial charge in [-0.3, -0.25) is 4.79 Å². The van der Waals surface area contributed by atoms with Crippen molar-refractivity contribution in [1.29, 1.82) is 0 Å². The topological polar surface area (TPSA) is 61.5 Å². The van der Waals surface area contributed by atoms with Gasteiger partial charge in [0.2, 0.25) is 0 Å². The highest BCUT2D eigenvalue weighted by molar-refractivity contribution is 6.03. The maximum absolute atomic E-state index is 12.8. The van der Waals surface area contributed by atoms with Crippen molar-refractivity contribution in [2.75, 3.05) is 20.8 Å². The number of ether oxygens (including phenoxy) is 2. The largest absolute Gasteiger partial charge is 0.496 e. The fourth-order valence-electron chi connectivity index (χ4n) is 2.94. The van der Waals surface area contributed by atoms with Crippen molar-refractivity contribution in [3.63, 3.8) is 0 Å². The predicted molar refractivity (Wildman–Crippen MR) is 73.8 cm³/mol. The molecule has 0 heterocycles. The number of methoxy groups -OCH3 is 2. The van der Waals surface area contributed by atoms with Gasteiger partial charge in [-0.15, -0.1) is 0 Å². The summed E-state index contributed by atoms with van der Waals surface area (Å²) in [6.45, 7) is 0.563. The van der Waals surface area contributed by atoms with Crippen LogP contribution >= 0.6 is 0 Å². The van der Waals surface area contributed by atoms with Crippen molar-refractivity contribution in [2.45, 2.75) is 19.3 Å². The highest BCUT2D eigenvalue weighted by Crippen LogP contribution is 2.38. The van der Waals surface area contributed by atoms with Crippen molar-refractivity contribution in [2.24, 2.45) is 17.6 Å². The van der Waals surface area contributed by atoms with Crippen LogP contribution in [0.1, 0.15) is 29.6 Å². The van der Waals surface area contributed by atoms with E-state index in [-0.39, 0.29) is 17.6 Å². The van der Waals surface area contributed by atoms with Gasteiger partial charge in [-0.05, 0) is 37.4 Å². The second-order valence-electron chi connectivity index (χ2n) is 4.93. The van der Waals surface area contributed by atoms with Gasteiger partial charge < -0.3 is 15.2 Å². The molecule has 19 heavy (non-hydrogen) atoms. The third kappa shape index (κ3) is 2.59. The molecule has 2 rings (SSSR count). The van der Waals surface area contributed by atoms with E-state index in [0.717, 1.165) is 19.3 Å². The van der Waals surface area contributed by atoms with Crippen molar-refractivity contribution in [1.82, 2.24) is 0 Å². The molecule has 1 aromatic carbocycles. The van der Waals surface area contributed by atoms with Gasteiger partial charge in [0, 0.05) is 5.92 Å². The van der Waals surface area contributed by atoms with E-state index in [1.54, 1.807) is 26.4 Å². The molecule has 1 saturated carbocycles.